The van der Waals surface area contributed by atoms with E-state index in [-0.39, 0.29) is 11.9 Å². The van der Waals surface area contributed by atoms with Crippen LogP contribution in [-0.2, 0) is 9.53 Å². The molecule has 2 N–H and O–H groups in total. The van der Waals surface area contributed by atoms with Gasteiger partial charge in [0, 0.05) is 25.7 Å². The van der Waals surface area contributed by atoms with E-state index in [2.05, 4.69) is 0 Å². The minimum absolute atomic E-state index is 0.186. The number of rotatable bonds is 5. The molecule has 0 bridgehead atoms. The van der Waals surface area contributed by atoms with Crippen molar-refractivity contribution >= 4 is 5.91 Å². The standard InChI is InChI=1S/C10H20N2O2/c1-2-14-7-5-10(13)12-6-3-4-9(12)8-11/h9H,2-8,11H2,1H3. The third-order valence-electron chi connectivity index (χ3n) is 2.63. The van der Waals surface area contributed by atoms with Crippen LogP contribution in [0.2, 0.25) is 0 Å². The first-order valence-electron chi connectivity index (χ1n) is 5.36. The molecule has 4 heteroatoms. The number of nitrogens with zero attached hydrogens (tertiary/aromatic N) is 1. The van der Waals surface area contributed by atoms with E-state index in [1.54, 1.807) is 0 Å². The van der Waals surface area contributed by atoms with E-state index in [4.69, 9.17) is 10.5 Å². The SMILES string of the molecule is CCOCCC(=O)N1CCCC1CN. The summed E-state index contributed by atoms with van der Waals surface area (Å²) in [7, 11) is 0. The van der Waals surface area contributed by atoms with E-state index in [0.29, 0.717) is 26.2 Å². The topological polar surface area (TPSA) is 55.6 Å². The molecule has 4 nitrogen and oxygen atoms in total. The van der Waals surface area contributed by atoms with Gasteiger partial charge in [-0.15, -0.1) is 0 Å². The van der Waals surface area contributed by atoms with Crippen LogP contribution in [0.4, 0.5) is 0 Å². The predicted octanol–water partition coefficient (Wildman–Crippen LogP) is 0.363. The van der Waals surface area contributed by atoms with Gasteiger partial charge in [0.15, 0.2) is 0 Å². The molecule has 0 radical (unpaired) electrons. The highest BCUT2D eigenvalue weighted by Crippen LogP contribution is 2.16. The number of ether oxygens (including phenoxy) is 1. The molecular weight excluding hydrogens is 180 g/mol. The smallest absolute Gasteiger partial charge is 0.225 e. The van der Waals surface area contributed by atoms with Crippen molar-refractivity contribution in [3.8, 4) is 0 Å². The highest BCUT2D eigenvalue weighted by atomic mass is 16.5. The molecule has 0 aliphatic carbocycles. The number of carbonyl (C=O) groups is 1. The lowest BCUT2D eigenvalue weighted by molar-refractivity contribution is -0.132. The van der Waals surface area contributed by atoms with Gasteiger partial charge in [0.25, 0.3) is 0 Å². The Morgan fingerprint density at radius 1 is 1.64 bits per heavy atom. The van der Waals surface area contributed by atoms with E-state index < -0.39 is 0 Å². The van der Waals surface area contributed by atoms with Gasteiger partial charge in [0.2, 0.25) is 5.91 Å². The maximum absolute atomic E-state index is 11.7. The van der Waals surface area contributed by atoms with E-state index in [1.165, 1.54) is 0 Å². The third-order valence-corrected chi connectivity index (χ3v) is 2.63. The summed E-state index contributed by atoms with van der Waals surface area (Å²) in [6.45, 7) is 4.59. The lowest BCUT2D eigenvalue weighted by atomic mass is 10.2. The second-order valence-electron chi connectivity index (χ2n) is 3.57. The molecule has 1 atom stereocenters. The van der Waals surface area contributed by atoms with E-state index in [9.17, 15) is 4.79 Å². The summed E-state index contributed by atoms with van der Waals surface area (Å²) in [5.41, 5.74) is 5.59. The molecule has 1 heterocycles. The normalized spacial score (nSPS) is 21.6. The molecular formula is C10H20N2O2. The molecule has 1 saturated heterocycles. The summed E-state index contributed by atoms with van der Waals surface area (Å²) in [6.07, 6.45) is 2.63. The Kier molecular flexibility index (Phi) is 4.90. The van der Waals surface area contributed by atoms with Crippen LogP contribution in [0.3, 0.4) is 0 Å². The zero-order valence-corrected chi connectivity index (χ0v) is 8.87. The van der Waals surface area contributed by atoms with Crippen molar-refractivity contribution in [2.45, 2.75) is 32.2 Å². The van der Waals surface area contributed by atoms with Crippen LogP contribution in [0.1, 0.15) is 26.2 Å². The lowest BCUT2D eigenvalue weighted by Crippen LogP contribution is -2.40. The third kappa shape index (κ3) is 2.96. The Morgan fingerprint density at radius 3 is 3.07 bits per heavy atom. The van der Waals surface area contributed by atoms with Crippen LogP contribution in [0, 0.1) is 0 Å². The Morgan fingerprint density at radius 2 is 2.43 bits per heavy atom. The van der Waals surface area contributed by atoms with E-state index in [0.717, 1.165) is 19.4 Å². The van der Waals surface area contributed by atoms with Gasteiger partial charge in [-0.2, -0.15) is 0 Å². The summed E-state index contributed by atoms with van der Waals surface area (Å²) >= 11 is 0. The molecule has 1 aliphatic rings. The number of hydrogen-bond acceptors (Lipinski definition) is 3. The van der Waals surface area contributed by atoms with Gasteiger partial charge in [-0.3, -0.25) is 4.79 Å². The van der Waals surface area contributed by atoms with Crippen molar-refractivity contribution in [3.05, 3.63) is 0 Å². The van der Waals surface area contributed by atoms with Crippen LogP contribution < -0.4 is 5.73 Å². The summed E-state index contributed by atoms with van der Waals surface area (Å²) < 4.78 is 5.15. The molecule has 0 aromatic rings. The maximum atomic E-state index is 11.7. The molecule has 1 amide bonds. The fourth-order valence-electron chi connectivity index (χ4n) is 1.86. The number of amides is 1. The van der Waals surface area contributed by atoms with Crippen molar-refractivity contribution in [1.82, 2.24) is 4.90 Å². The van der Waals surface area contributed by atoms with Crippen molar-refractivity contribution in [1.29, 1.82) is 0 Å². The Labute approximate surface area is 85.4 Å². The quantitative estimate of drug-likeness (QED) is 0.652. The largest absolute Gasteiger partial charge is 0.381 e. The molecule has 0 aromatic heterocycles. The van der Waals surface area contributed by atoms with Crippen molar-refractivity contribution in [2.24, 2.45) is 5.73 Å². The zero-order chi connectivity index (χ0) is 10.4. The van der Waals surface area contributed by atoms with Crippen molar-refractivity contribution in [3.63, 3.8) is 0 Å². The lowest BCUT2D eigenvalue weighted by Gasteiger charge is -2.23. The number of carbonyl (C=O) groups excluding carboxylic acids is 1. The molecule has 1 aliphatic heterocycles. The maximum Gasteiger partial charge on any atom is 0.225 e. The number of likely N-dealkylation sites (tertiary alicyclic amines) is 1. The molecule has 82 valence electrons. The first-order chi connectivity index (χ1) is 6.79. The molecule has 1 fully saturated rings. The van der Waals surface area contributed by atoms with Crippen LogP contribution in [0.15, 0.2) is 0 Å². The van der Waals surface area contributed by atoms with Crippen molar-refractivity contribution in [2.75, 3.05) is 26.3 Å². The first kappa shape index (κ1) is 11.5. The van der Waals surface area contributed by atoms with E-state index in [1.807, 2.05) is 11.8 Å². The van der Waals surface area contributed by atoms with Gasteiger partial charge in [0.1, 0.15) is 0 Å². The van der Waals surface area contributed by atoms with Crippen LogP contribution in [0.25, 0.3) is 0 Å². The fourth-order valence-corrected chi connectivity index (χ4v) is 1.86. The summed E-state index contributed by atoms with van der Waals surface area (Å²) in [4.78, 5) is 13.6. The molecule has 0 saturated carbocycles. The molecule has 0 aromatic carbocycles. The van der Waals surface area contributed by atoms with E-state index >= 15 is 0 Å². The molecule has 1 unspecified atom stereocenters. The van der Waals surface area contributed by atoms with Gasteiger partial charge in [-0.25, -0.2) is 0 Å². The zero-order valence-electron chi connectivity index (χ0n) is 8.87. The molecule has 0 spiro atoms. The van der Waals surface area contributed by atoms with Gasteiger partial charge in [0.05, 0.1) is 13.0 Å². The summed E-state index contributed by atoms with van der Waals surface area (Å²) in [5, 5.41) is 0. The fraction of sp³-hybridized carbons (Fsp3) is 0.900. The van der Waals surface area contributed by atoms with Crippen LogP contribution in [-0.4, -0.2) is 43.2 Å². The predicted molar refractivity (Wildman–Crippen MR) is 54.9 cm³/mol. The highest BCUT2D eigenvalue weighted by molar-refractivity contribution is 5.76. The minimum Gasteiger partial charge on any atom is -0.381 e. The average Bonchev–Trinajstić information content (AvgIpc) is 2.65. The average molecular weight is 200 g/mol. The Balaban J connectivity index is 2.28. The molecule has 1 rings (SSSR count). The highest BCUT2D eigenvalue weighted by Gasteiger charge is 2.26. The summed E-state index contributed by atoms with van der Waals surface area (Å²) in [5.74, 6) is 0.186. The van der Waals surface area contributed by atoms with Gasteiger partial charge >= 0.3 is 0 Å². The first-order valence-corrected chi connectivity index (χ1v) is 5.36. The van der Waals surface area contributed by atoms with Crippen LogP contribution in [0.5, 0.6) is 0 Å². The number of nitrogens with two attached hydrogens (primary N) is 1. The van der Waals surface area contributed by atoms with Gasteiger partial charge < -0.3 is 15.4 Å². The van der Waals surface area contributed by atoms with Crippen LogP contribution >= 0.6 is 0 Å². The number of hydrogen-bond donors (Lipinski definition) is 1. The summed E-state index contributed by atoms with van der Waals surface area (Å²) in [6, 6.07) is 0.268. The monoisotopic (exact) mass is 200 g/mol. The second kappa shape index (κ2) is 5.98. The molecule has 14 heavy (non-hydrogen) atoms. The Hall–Kier alpha value is -0.610. The van der Waals surface area contributed by atoms with Crippen molar-refractivity contribution < 1.29 is 9.53 Å². The minimum atomic E-state index is 0.186. The van der Waals surface area contributed by atoms with Gasteiger partial charge in [-0.1, -0.05) is 0 Å². The van der Waals surface area contributed by atoms with Gasteiger partial charge in [-0.05, 0) is 19.8 Å². The Bertz CT molecular complexity index is 185. The second-order valence-corrected chi connectivity index (χ2v) is 3.57.